The molecule has 0 aromatic heterocycles. The minimum absolute atomic E-state index is 0.0150. The molecule has 0 spiro atoms. The standard InChI is InChI=1S/C10H21N3O2/c1-10(2)7-13(5-4-12(10)3)8(6-11)9(14)15/h8H,4-7,11H2,1-3H3,(H,14,15). The van der Waals surface area contributed by atoms with Crippen molar-refractivity contribution in [1.29, 1.82) is 0 Å². The van der Waals surface area contributed by atoms with Gasteiger partial charge < -0.3 is 10.8 Å². The van der Waals surface area contributed by atoms with Crippen molar-refractivity contribution in [2.75, 3.05) is 33.2 Å². The highest BCUT2D eigenvalue weighted by Crippen LogP contribution is 2.20. The molecule has 0 amide bonds. The summed E-state index contributed by atoms with van der Waals surface area (Å²) in [6.07, 6.45) is 0. The third-order valence-corrected chi connectivity index (χ3v) is 3.30. The molecule has 1 aliphatic heterocycles. The number of rotatable bonds is 3. The normalized spacial score (nSPS) is 25.1. The zero-order valence-corrected chi connectivity index (χ0v) is 9.73. The third kappa shape index (κ3) is 2.68. The Kier molecular flexibility index (Phi) is 3.70. The van der Waals surface area contributed by atoms with Crippen molar-refractivity contribution < 1.29 is 9.90 Å². The topological polar surface area (TPSA) is 69.8 Å². The highest BCUT2D eigenvalue weighted by molar-refractivity contribution is 5.73. The number of nitrogens with two attached hydrogens (primary N) is 1. The molecule has 5 heteroatoms. The Morgan fingerprint density at radius 1 is 1.53 bits per heavy atom. The summed E-state index contributed by atoms with van der Waals surface area (Å²) in [6.45, 7) is 6.82. The van der Waals surface area contributed by atoms with E-state index in [-0.39, 0.29) is 12.1 Å². The number of likely N-dealkylation sites (N-methyl/N-ethyl adjacent to an activating group) is 1. The lowest BCUT2D eigenvalue weighted by atomic mass is 9.98. The Hall–Kier alpha value is -0.650. The van der Waals surface area contributed by atoms with Crippen LogP contribution >= 0.6 is 0 Å². The van der Waals surface area contributed by atoms with Crippen molar-refractivity contribution in [2.24, 2.45) is 5.73 Å². The first-order chi connectivity index (χ1) is 6.88. The Morgan fingerprint density at radius 3 is 2.53 bits per heavy atom. The van der Waals surface area contributed by atoms with Crippen LogP contribution in [-0.4, -0.2) is 65.7 Å². The quantitative estimate of drug-likeness (QED) is 0.659. The molecule has 5 nitrogen and oxygen atoms in total. The maximum Gasteiger partial charge on any atom is 0.322 e. The first kappa shape index (κ1) is 12.4. The molecule has 1 heterocycles. The summed E-state index contributed by atoms with van der Waals surface area (Å²) in [6, 6.07) is -0.544. The van der Waals surface area contributed by atoms with Gasteiger partial charge in [0.05, 0.1) is 0 Å². The molecule has 0 aromatic carbocycles. The molecule has 1 atom stereocenters. The van der Waals surface area contributed by atoms with E-state index in [2.05, 4.69) is 25.8 Å². The predicted octanol–water partition coefficient (Wildman–Crippen LogP) is -0.576. The van der Waals surface area contributed by atoms with Gasteiger partial charge in [0, 0.05) is 31.7 Å². The van der Waals surface area contributed by atoms with E-state index in [0.717, 1.165) is 19.6 Å². The Bertz CT molecular complexity index is 243. The number of piperazine rings is 1. The predicted molar refractivity (Wildman–Crippen MR) is 58.8 cm³/mol. The Labute approximate surface area is 90.8 Å². The van der Waals surface area contributed by atoms with Gasteiger partial charge in [-0.1, -0.05) is 0 Å². The van der Waals surface area contributed by atoms with Crippen LogP contribution in [0.15, 0.2) is 0 Å². The smallest absolute Gasteiger partial charge is 0.322 e. The van der Waals surface area contributed by atoms with Crippen LogP contribution in [0.4, 0.5) is 0 Å². The maximum absolute atomic E-state index is 11.0. The van der Waals surface area contributed by atoms with E-state index in [4.69, 9.17) is 10.8 Å². The van der Waals surface area contributed by atoms with Crippen LogP contribution in [0.5, 0.6) is 0 Å². The molecule has 0 aromatic rings. The zero-order valence-electron chi connectivity index (χ0n) is 9.73. The molecule has 1 aliphatic rings. The number of aliphatic carboxylic acids is 1. The minimum Gasteiger partial charge on any atom is -0.480 e. The molecule has 88 valence electrons. The van der Waals surface area contributed by atoms with E-state index >= 15 is 0 Å². The van der Waals surface area contributed by atoms with Crippen LogP contribution < -0.4 is 5.73 Å². The summed E-state index contributed by atoms with van der Waals surface area (Å²) in [4.78, 5) is 15.2. The minimum atomic E-state index is -0.821. The van der Waals surface area contributed by atoms with Crippen molar-refractivity contribution in [2.45, 2.75) is 25.4 Å². The lowest BCUT2D eigenvalue weighted by Gasteiger charge is -2.46. The van der Waals surface area contributed by atoms with Gasteiger partial charge in [0.25, 0.3) is 0 Å². The third-order valence-electron chi connectivity index (χ3n) is 3.30. The number of hydrogen-bond donors (Lipinski definition) is 2. The van der Waals surface area contributed by atoms with Gasteiger partial charge >= 0.3 is 5.97 Å². The van der Waals surface area contributed by atoms with Gasteiger partial charge in [0.2, 0.25) is 0 Å². The molecule has 15 heavy (non-hydrogen) atoms. The summed E-state index contributed by atoms with van der Waals surface area (Å²) in [5.41, 5.74) is 5.51. The lowest BCUT2D eigenvalue weighted by molar-refractivity contribution is -0.144. The Morgan fingerprint density at radius 2 is 2.13 bits per heavy atom. The summed E-state index contributed by atoms with van der Waals surface area (Å²) in [5, 5.41) is 9.03. The molecule has 0 saturated carbocycles. The molecular formula is C10H21N3O2. The zero-order chi connectivity index (χ0) is 11.6. The number of carbonyl (C=O) groups is 1. The fourth-order valence-corrected chi connectivity index (χ4v) is 1.95. The van der Waals surface area contributed by atoms with Crippen molar-refractivity contribution in [1.82, 2.24) is 9.80 Å². The molecule has 1 saturated heterocycles. The van der Waals surface area contributed by atoms with Gasteiger partial charge in [-0.2, -0.15) is 0 Å². The number of hydrogen-bond acceptors (Lipinski definition) is 4. The molecule has 3 N–H and O–H groups in total. The van der Waals surface area contributed by atoms with E-state index in [9.17, 15) is 4.79 Å². The molecule has 1 rings (SSSR count). The van der Waals surface area contributed by atoms with E-state index in [1.54, 1.807) is 0 Å². The molecule has 1 unspecified atom stereocenters. The second-order valence-electron chi connectivity index (χ2n) is 4.79. The van der Waals surface area contributed by atoms with Crippen molar-refractivity contribution in [3.63, 3.8) is 0 Å². The Balaban J connectivity index is 2.69. The summed E-state index contributed by atoms with van der Waals surface area (Å²) in [5.74, 6) is -0.821. The van der Waals surface area contributed by atoms with Gasteiger partial charge in [0.1, 0.15) is 6.04 Å². The van der Waals surface area contributed by atoms with Gasteiger partial charge in [-0.25, -0.2) is 0 Å². The highest BCUT2D eigenvalue weighted by atomic mass is 16.4. The van der Waals surface area contributed by atoms with Crippen molar-refractivity contribution >= 4 is 5.97 Å². The lowest BCUT2D eigenvalue weighted by Crippen LogP contribution is -2.62. The van der Waals surface area contributed by atoms with E-state index in [1.165, 1.54) is 0 Å². The maximum atomic E-state index is 11.0. The van der Waals surface area contributed by atoms with Crippen molar-refractivity contribution in [3.05, 3.63) is 0 Å². The first-order valence-electron chi connectivity index (χ1n) is 5.26. The summed E-state index contributed by atoms with van der Waals surface area (Å²) >= 11 is 0. The van der Waals surface area contributed by atoms with Gasteiger partial charge in [-0.05, 0) is 20.9 Å². The number of carboxylic acids is 1. The first-order valence-corrected chi connectivity index (χ1v) is 5.26. The molecule has 1 fully saturated rings. The second kappa shape index (κ2) is 4.47. The van der Waals surface area contributed by atoms with E-state index < -0.39 is 12.0 Å². The summed E-state index contributed by atoms with van der Waals surface area (Å²) < 4.78 is 0. The monoisotopic (exact) mass is 215 g/mol. The fraction of sp³-hybridized carbons (Fsp3) is 0.900. The number of carboxylic acid groups (broad SMARTS) is 1. The van der Waals surface area contributed by atoms with Crippen molar-refractivity contribution in [3.8, 4) is 0 Å². The molecule has 0 aliphatic carbocycles. The van der Waals surface area contributed by atoms with Crippen LogP contribution in [0.2, 0.25) is 0 Å². The van der Waals surface area contributed by atoms with Gasteiger partial charge in [-0.3, -0.25) is 14.6 Å². The fourth-order valence-electron chi connectivity index (χ4n) is 1.95. The van der Waals surface area contributed by atoms with Crippen LogP contribution in [0.1, 0.15) is 13.8 Å². The van der Waals surface area contributed by atoms with E-state index in [0.29, 0.717) is 0 Å². The van der Waals surface area contributed by atoms with E-state index in [1.807, 2.05) is 4.90 Å². The molecular weight excluding hydrogens is 194 g/mol. The number of nitrogens with zero attached hydrogens (tertiary/aromatic N) is 2. The van der Waals surface area contributed by atoms with Gasteiger partial charge in [0.15, 0.2) is 0 Å². The average Bonchev–Trinajstić information content (AvgIpc) is 2.11. The largest absolute Gasteiger partial charge is 0.480 e. The molecule has 0 bridgehead atoms. The van der Waals surface area contributed by atoms with Crippen LogP contribution in [0.3, 0.4) is 0 Å². The average molecular weight is 215 g/mol. The van der Waals surface area contributed by atoms with Crippen LogP contribution in [0.25, 0.3) is 0 Å². The summed E-state index contributed by atoms with van der Waals surface area (Å²) in [7, 11) is 2.07. The van der Waals surface area contributed by atoms with Gasteiger partial charge in [-0.15, -0.1) is 0 Å². The second-order valence-corrected chi connectivity index (χ2v) is 4.79. The molecule has 0 radical (unpaired) electrons. The SMILES string of the molecule is CN1CCN(C(CN)C(=O)O)CC1(C)C. The van der Waals surface area contributed by atoms with Crippen LogP contribution in [0, 0.1) is 0 Å². The highest BCUT2D eigenvalue weighted by Gasteiger charge is 2.35. The van der Waals surface area contributed by atoms with Crippen LogP contribution in [-0.2, 0) is 4.79 Å².